The minimum absolute atomic E-state index is 0.0206. The van der Waals surface area contributed by atoms with Gasteiger partial charge >= 0.3 is 0 Å². The molecule has 1 aliphatic rings. The molecule has 2 nitrogen and oxygen atoms in total. The van der Waals surface area contributed by atoms with E-state index in [0.29, 0.717) is 0 Å². The van der Waals surface area contributed by atoms with E-state index in [1.165, 1.54) is 27.8 Å². The number of aliphatic hydroxyl groups excluding tert-OH is 1. The molecule has 0 aliphatic carbocycles. The minimum Gasteiger partial charge on any atom is -0.487 e. The van der Waals surface area contributed by atoms with Crippen LogP contribution in [0.2, 0.25) is 0 Å². The first kappa shape index (κ1) is 11.5. The van der Waals surface area contributed by atoms with E-state index in [0.717, 1.165) is 18.6 Å². The molecule has 0 saturated heterocycles. The monoisotopic (exact) mass is 220 g/mol. The summed E-state index contributed by atoms with van der Waals surface area (Å²) in [5, 5.41) is 9.18. The van der Waals surface area contributed by atoms with Crippen LogP contribution >= 0.6 is 0 Å². The summed E-state index contributed by atoms with van der Waals surface area (Å²) in [5.74, 6) is 1.02. The van der Waals surface area contributed by atoms with Gasteiger partial charge in [0.05, 0.1) is 6.61 Å². The molecule has 0 saturated carbocycles. The lowest BCUT2D eigenvalue weighted by molar-refractivity contribution is 0.0968. The molecule has 1 unspecified atom stereocenters. The van der Waals surface area contributed by atoms with Gasteiger partial charge < -0.3 is 9.84 Å². The molecular formula is C14H20O2. The summed E-state index contributed by atoms with van der Waals surface area (Å²) in [7, 11) is 0. The van der Waals surface area contributed by atoms with Crippen LogP contribution in [0.3, 0.4) is 0 Å². The Labute approximate surface area is 97.3 Å². The maximum Gasteiger partial charge on any atom is 0.126 e. The summed E-state index contributed by atoms with van der Waals surface area (Å²) in [6, 6.07) is 0. The van der Waals surface area contributed by atoms with E-state index >= 15 is 0 Å². The zero-order valence-electron chi connectivity index (χ0n) is 10.6. The Morgan fingerprint density at radius 1 is 1.06 bits per heavy atom. The molecule has 1 aromatic carbocycles. The van der Waals surface area contributed by atoms with Gasteiger partial charge in [-0.05, 0) is 68.4 Å². The van der Waals surface area contributed by atoms with Crippen LogP contribution in [-0.2, 0) is 6.42 Å². The highest BCUT2D eigenvalue weighted by atomic mass is 16.5. The number of fused-ring (bicyclic) bond motifs is 1. The topological polar surface area (TPSA) is 29.5 Å². The van der Waals surface area contributed by atoms with Crippen LogP contribution in [0.5, 0.6) is 5.75 Å². The third-order valence-corrected chi connectivity index (χ3v) is 3.96. The molecule has 2 rings (SSSR count). The molecule has 1 aromatic rings. The zero-order valence-corrected chi connectivity index (χ0v) is 10.6. The van der Waals surface area contributed by atoms with Gasteiger partial charge in [0.25, 0.3) is 0 Å². The Hall–Kier alpha value is -1.02. The zero-order chi connectivity index (χ0) is 11.9. The van der Waals surface area contributed by atoms with E-state index in [4.69, 9.17) is 4.74 Å². The van der Waals surface area contributed by atoms with Gasteiger partial charge in [0, 0.05) is 0 Å². The van der Waals surface area contributed by atoms with Crippen LogP contribution in [-0.4, -0.2) is 17.8 Å². The summed E-state index contributed by atoms with van der Waals surface area (Å²) in [5.41, 5.74) is 6.62. The van der Waals surface area contributed by atoms with E-state index in [1.54, 1.807) is 0 Å². The summed E-state index contributed by atoms with van der Waals surface area (Å²) in [6.07, 6.45) is 1.92. The third-order valence-electron chi connectivity index (χ3n) is 3.96. The predicted molar refractivity (Wildman–Crippen MR) is 65.2 cm³/mol. The molecule has 0 aromatic heterocycles. The van der Waals surface area contributed by atoms with E-state index in [1.807, 2.05) is 0 Å². The molecule has 0 radical (unpaired) electrons. The summed E-state index contributed by atoms with van der Waals surface area (Å²) >= 11 is 0. The number of hydrogen-bond donors (Lipinski definition) is 1. The quantitative estimate of drug-likeness (QED) is 0.788. The van der Waals surface area contributed by atoms with Gasteiger partial charge in [-0.1, -0.05) is 0 Å². The average molecular weight is 220 g/mol. The molecule has 16 heavy (non-hydrogen) atoms. The highest BCUT2D eigenvalue weighted by Crippen LogP contribution is 2.37. The number of benzene rings is 1. The molecular weight excluding hydrogens is 200 g/mol. The standard InChI is InChI=1S/C14H20O2/c1-8-9(2)11(4)14-13(10(8)3)6-5-12(7-15)16-14/h12,15H,5-7H2,1-4H3. The number of hydrogen-bond acceptors (Lipinski definition) is 2. The second-order valence-corrected chi connectivity index (χ2v) is 4.77. The van der Waals surface area contributed by atoms with Crippen molar-refractivity contribution in [3.63, 3.8) is 0 Å². The van der Waals surface area contributed by atoms with Crippen molar-refractivity contribution in [2.75, 3.05) is 6.61 Å². The molecule has 1 N–H and O–H groups in total. The van der Waals surface area contributed by atoms with Gasteiger partial charge in [-0.3, -0.25) is 0 Å². The summed E-state index contributed by atoms with van der Waals surface area (Å²) in [4.78, 5) is 0. The van der Waals surface area contributed by atoms with Crippen molar-refractivity contribution in [3.05, 3.63) is 27.8 Å². The van der Waals surface area contributed by atoms with Crippen LogP contribution < -0.4 is 4.74 Å². The van der Waals surface area contributed by atoms with E-state index in [9.17, 15) is 5.11 Å². The van der Waals surface area contributed by atoms with Gasteiger partial charge in [0.1, 0.15) is 11.9 Å². The van der Waals surface area contributed by atoms with Gasteiger partial charge in [0.2, 0.25) is 0 Å². The Morgan fingerprint density at radius 3 is 2.31 bits per heavy atom. The van der Waals surface area contributed by atoms with Crippen LogP contribution in [0.25, 0.3) is 0 Å². The second-order valence-electron chi connectivity index (χ2n) is 4.77. The molecule has 1 aliphatic heterocycles. The molecule has 1 atom stereocenters. The van der Waals surface area contributed by atoms with Crippen LogP contribution in [0.1, 0.15) is 34.2 Å². The maximum atomic E-state index is 9.18. The number of aliphatic hydroxyl groups is 1. The van der Waals surface area contributed by atoms with Gasteiger partial charge in [-0.2, -0.15) is 0 Å². The minimum atomic E-state index is -0.0206. The van der Waals surface area contributed by atoms with Crippen LogP contribution in [0.4, 0.5) is 0 Å². The third kappa shape index (κ3) is 1.61. The highest BCUT2D eigenvalue weighted by molar-refractivity contribution is 5.54. The fourth-order valence-corrected chi connectivity index (χ4v) is 2.48. The van der Waals surface area contributed by atoms with Crippen molar-refractivity contribution in [1.82, 2.24) is 0 Å². The van der Waals surface area contributed by atoms with Crippen LogP contribution in [0.15, 0.2) is 0 Å². The Balaban J connectivity index is 2.56. The van der Waals surface area contributed by atoms with Crippen LogP contribution in [0, 0.1) is 27.7 Å². The number of ether oxygens (including phenoxy) is 1. The number of rotatable bonds is 1. The van der Waals surface area contributed by atoms with E-state index in [-0.39, 0.29) is 12.7 Å². The predicted octanol–water partition coefficient (Wildman–Crippen LogP) is 2.61. The normalized spacial score (nSPS) is 19.2. The molecule has 0 spiro atoms. The first-order valence-corrected chi connectivity index (χ1v) is 5.93. The highest BCUT2D eigenvalue weighted by Gasteiger charge is 2.24. The average Bonchev–Trinajstić information content (AvgIpc) is 2.33. The maximum absolute atomic E-state index is 9.18. The second kappa shape index (κ2) is 4.10. The molecule has 2 heteroatoms. The van der Waals surface area contributed by atoms with Gasteiger partial charge in [-0.25, -0.2) is 0 Å². The largest absolute Gasteiger partial charge is 0.487 e. The summed E-state index contributed by atoms with van der Waals surface area (Å²) < 4.78 is 5.88. The lowest BCUT2D eigenvalue weighted by atomic mass is 9.89. The SMILES string of the molecule is Cc1c(C)c(C)c2c(c1C)CCC(CO)O2. The molecule has 0 amide bonds. The van der Waals surface area contributed by atoms with Crippen molar-refractivity contribution < 1.29 is 9.84 Å². The van der Waals surface area contributed by atoms with Crippen molar-refractivity contribution in [2.45, 2.75) is 46.6 Å². The van der Waals surface area contributed by atoms with Crippen molar-refractivity contribution in [2.24, 2.45) is 0 Å². The van der Waals surface area contributed by atoms with E-state index < -0.39 is 0 Å². The van der Waals surface area contributed by atoms with Gasteiger partial charge in [0.15, 0.2) is 0 Å². The Kier molecular flexibility index (Phi) is 2.94. The molecule has 0 fully saturated rings. The first-order chi connectivity index (χ1) is 7.56. The molecule has 0 bridgehead atoms. The van der Waals surface area contributed by atoms with Gasteiger partial charge in [-0.15, -0.1) is 0 Å². The van der Waals surface area contributed by atoms with Crippen molar-refractivity contribution in [1.29, 1.82) is 0 Å². The smallest absolute Gasteiger partial charge is 0.126 e. The van der Waals surface area contributed by atoms with Crippen molar-refractivity contribution >= 4 is 0 Å². The summed E-state index contributed by atoms with van der Waals surface area (Å²) in [6.45, 7) is 8.72. The van der Waals surface area contributed by atoms with E-state index in [2.05, 4.69) is 27.7 Å². The first-order valence-electron chi connectivity index (χ1n) is 5.93. The van der Waals surface area contributed by atoms with Crippen molar-refractivity contribution in [3.8, 4) is 5.75 Å². The Morgan fingerprint density at radius 2 is 1.69 bits per heavy atom. The molecule has 1 heterocycles. The fraction of sp³-hybridized carbons (Fsp3) is 0.571. The lowest BCUT2D eigenvalue weighted by Gasteiger charge is -2.29. The molecule has 88 valence electrons. The fourth-order valence-electron chi connectivity index (χ4n) is 2.48. The lowest BCUT2D eigenvalue weighted by Crippen LogP contribution is -2.27. The Bertz CT molecular complexity index is 421.